The Morgan fingerprint density at radius 2 is 0.953 bits per heavy atom. The molecule has 2 aliphatic rings. The Bertz CT molecular complexity index is 2300. The first-order valence-corrected chi connectivity index (χ1v) is 23.1. The van der Waals surface area contributed by atoms with E-state index in [9.17, 15) is 19.2 Å². The molecule has 12 heteroatoms. The van der Waals surface area contributed by atoms with Crippen molar-refractivity contribution in [1.29, 1.82) is 0 Å². The first-order valence-electron chi connectivity index (χ1n) is 23.1. The number of fused-ring (bicyclic) bond motifs is 2. The summed E-state index contributed by atoms with van der Waals surface area (Å²) in [6.07, 6.45) is 4.67. The maximum Gasteiger partial charge on any atom is 0.245 e. The van der Waals surface area contributed by atoms with Crippen LogP contribution in [0.4, 0.5) is 0 Å². The number of amides is 4. The van der Waals surface area contributed by atoms with E-state index in [0.29, 0.717) is 25.9 Å². The van der Waals surface area contributed by atoms with E-state index < -0.39 is 35.0 Å². The van der Waals surface area contributed by atoms with Crippen molar-refractivity contribution in [2.24, 2.45) is 10.8 Å². The summed E-state index contributed by atoms with van der Waals surface area (Å²) in [4.78, 5) is 58.8. The van der Waals surface area contributed by atoms with Gasteiger partial charge in [0.1, 0.15) is 34.8 Å². The Labute approximate surface area is 378 Å². The third-order valence-electron chi connectivity index (χ3n) is 13.5. The van der Waals surface area contributed by atoms with E-state index in [1.54, 1.807) is 27.9 Å². The van der Waals surface area contributed by atoms with E-state index >= 15 is 0 Å². The van der Waals surface area contributed by atoms with Crippen molar-refractivity contribution in [1.82, 2.24) is 31.1 Å². The molecule has 4 N–H and O–H groups in total. The summed E-state index contributed by atoms with van der Waals surface area (Å²) in [7, 11) is 3.48. The van der Waals surface area contributed by atoms with E-state index in [1.807, 2.05) is 87.7 Å². The Kier molecular flexibility index (Phi) is 13.8. The minimum Gasteiger partial charge on any atom is -0.456 e. The summed E-state index contributed by atoms with van der Waals surface area (Å²) in [6, 6.07) is 22.1. The standard InChI is InChI=1S/C52H68N6O6/c1-31(53-9)47(59)55-45(51(3,4)5)49(61)57-27-15-17-35(57)29-39-37-19-11-13-21-41(37)63-43(39)33-23-25-34(26-24-33)44-40(38-20-12-14-22-42(38)64-44)30-36-18-16-28-58(36)50(62)46(52(6,7)8)56-48(60)32(2)54-10/h11-14,19-26,31-32,35-36,45-46,53-54H,15-18,27-30H2,1-10H3,(H,55,59)(H,56,60)/t31-,32-,35-,36+,45+,46+/m0/s1. The zero-order valence-electron chi connectivity index (χ0n) is 39.4. The van der Waals surface area contributed by atoms with Gasteiger partial charge >= 0.3 is 0 Å². The van der Waals surface area contributed by atoms with Gasteiger partial charge in [-0.25, -0.2) is 0 Å². The molecule has 2 saturated heterocycles. The van der Waals surface area contributed by atoms with E-state index in [-0.39, 0.29) is 35.7 Å². The number of carbonyl (C=O) groups is 4. The number of nitrogens with one attached hydrogen (secondary N) is 4. The van der Waals surface area contributed by atoms with Crippen LogP contribution in [0.3, 0.4) is 0 Å². The fourth-order valence-corrected chi connectivity index (χ4v) is 9.42. The molecule has 64 heavy (non-hydrogen) atoms. The average Bonchev–Trinajstić information content (AvgIpc) is 4.09. The largest absolute Gasteiger partial charge is 0.456 e. The van der Waals surface area contributed by atoms with Gasteiger partial charge in [-0.3, -0.25) is 19.2 Å². The lowest BCUT2D eigenvalue weighted by Crippen LogP contribution is -2.58. The van der Waals surface area contributed by atoms with E-state index in [0.717, 1.165) is 81.4 Å². The molecule has 2 aromatic heterocycles. The molecule has 6 atom stereocenters. The fourth-order valence-electron chi connectivity index (χ4n) is 9.42. The third kappa shape index (κ3) is 9.64. The summed E-state index contributed by atoms with van der Waals surface area (Å²) in [5.41, 5.74) is 4.52. The van der Waals surface area contributed by atoms with Gasteiger partial charge < -0.3 is 39.9 Å². The summed E-state index contributed by atoms with van der Waals surface area (Å²) in [6.45, 7) is 16.8. The van der Waals surface area contributed by atoms with Crippen LogP contribution >= 0.6 is 0 Å². The monoisotopic (exact) mass is 873 g/mol. The molecule has 7 rings (SSSR count). The zero-order chi connectivity index (χ0) is 46.1. The maximum atomic E-state index is 14.4. The molecule has 4 amide bonds. The molecule has 0 saturated carbocycles. The highest BCUT2D eigenvalue weighted by Gasteiger charge is 2.42. The van der Waals surface area contributed by atoms with Crippen molar-refractivity contribution in [2.45, 2.75) is 130 Å². The number of hydrogen-bond donors (Lipinski definition) is 4. The van der Waals surface area contributed by atoms with Gasteiger partial charge in [-0.05, 0) is 89.4 Å². The van der Waals surface area contributed by atoms with Gasteiger partial charge in [0, 0.05) is 58.2 Å². The first-order chi connectivity index (χ1) is 30.4. The quantitative estimate of drug-likeness (QED) is 0.0882. The second kappa shape index (κ2) is 18.9. The minimum atomic E-state index is -0.676. The minimum absolute atomic E-state index is 0.0583. The summed E-state index contributed by atoms with van der Waals surface area (Å²) < 4.78 is 13.3. The van der Waals surface area contributed by atoms with E-state index in [2.05, 4.69) is 57.7 Å². The van der Waals surface area contributed by atoms with Crippen molar-refractivity contribution >= 4 is 45.6 Å². The Morgan fingerprint density at radius 3 is 1.30 bits per heavy atom. The topological polar surface area (TPSA) is 149 Å². The fraction of sp³-hybridized carbons (Fsp3) is 0.500. The van der Waals surface area contributed by atoms with Crippen LogP contribution in [-0.2, 0) is 32.0 Å². The normalized spacial score (nSPS) is 18.9. The molecule has 0 aliphatic carbocycles. The van der Waals surface area contributed by atoms with Gasteiger partial charge in [0.15, 0.2) is 0 Å². The highest BCUT2D eigenvalue weighted by atomic mass is 16.3. The third-order valence-corrected chi connectivity index (χ3v) is 13.5. The van der Waals surface area contributed by atoms with Crippen LogP contribution in [0.1, 0.15) is 92.2 Å². The van der Waals surface area contributed by atoms with Crippen molar-refractivity contribution in [3.05, 3.63) is 83.9 Å². The molecule has 0 bridgehead atoms. The molecule has 0 unspecified atom stereocenters. The van der Waals surface area contributed by atoms with Crippen molar-refractivity contribution in [3.63, 3.8) is 0 Å². The lowest BCUT2D eigenvalue weighted by atomic mass is 9.85. The van der Waals surface area contributed by atoms with Crippen LogP contribution in [0.15, 0.2) is 81.6 Å². The maximum absolute atomic E-state index is 14.4. The summed E-state index contributed by atoms with van der Waals surface area (Å²) in [5, 5.41) is 14.1. The van der Waals surface area contributed by atoms with Crippen molar-refractivity contribution in [3.8, 4) is 22.6 Å². The molecular weight excluding hydrogens is 805 g/mol. The molecule has 3 aromatic carbocycles. The average molecular weight is 873 g/mol. The predicted octanol–water partition coefficient (Wildman–Crippen LogP) is 7.86. The van der Waals surface area contributed by atoms with E-state index in [4.69, 9.17) is 8.83 Å². The molecule has 5 aromatic rings. The summed E-state index contributed by atoms with van der Waals surface area (Å²) >= 11 is 0. The van der Waals surface area contributed by atoms with Gasteiger partial charge in [0.25, 0.3) is 0 Å². The van der Waals surface area contributed by atoms with Gasteiger partial charge in [0.05, 0.1) is 12.1 Å². The van der Waals surface area contributed by atoms with Gasteiger partial charge in [-0.1, -0.05) is 102 Å². The number of carbonyl (C=O) groups excluding carboxylic acids is 4. The van der Waals surface area contributed by atoms with Crippen LogP contribution in [0.2, 0.25) is 0 Å². The zero-order valence-corrected chi connectivity index (χ0v) is 39.4. The van der Waals surface area contributed by atoms with Gasteiger partial charge in [-0.15, -0.1) is 0 Å². The summed E-state index contributed by atoms with van der Waals surface area (Å²) in [5.74, 6) is 1.02. The molecule has 0 radical (unpaired) electrons. The Morgan fingerprint density at radius 1 is 0.594 bits per heavy atom. The molecular formula is C52H68N6O6. The number of hydrogen-bond acceptors (Lipinski definition) is 8. The number of furan rings is 2. The van der Waals surface area contributed by atoms with E-state index in [1.165, 1.54) is 0 Å². The number of nitrogens with zero attached hydrogens (tertiary/aromatic N) is 2. The van der Waals surface area contributed by atoms with Crippen LogP contribution in [0.25, 0.3) is 44.6 Å². The Hall–Kier alpha value is -5.46. The predicted molar refractivity (Wildman–Crippen MR) is 254 cm³/mol. The van der Waals surface area contributed by atoms with Crippen LogP contribution in [0.5, 0.6) is 0 Å². The molecule has 2 aliphatic heterocycles. The number of likely N-dealkylation sites (tertiary alicyclic amines) is 2. The number of rotatable bonds is 14. The lowest BCUT2D eigenvalue weighted by Gasteiger charge is -2.36. The second-order valence-electron chi connectivity index (χ2n) is 20.1. The number of benzene rings is 3. The van der Waals surface area contributed by atoms with Crippen molar-refractivity contribution in [2.75, 3.05) is 27.2 Å². The molecule has 342 valence electrons. The second-order valence-corrected chi connectivity index (χ2v) is 20.1. The number of para-hydroxylation sites is 2. The smallest absolute Gasteiger partial charge is 0.245 e. The van der Waals surface area contributed by atoms with Crippen LogP contribution < -0.4 is 21.3 Å². The first kappa shape index (κ1) is 46.5. The van der Waals surface area contributed by atoms with Gasteiger partial charge in [0.2, 0.25) is 23.6 Å². The highest BCUT2D eigenvalue weighted by Crippen LogP contribution is 2.41. The van der Waals surface area contributed by atoms with Gasteiger partial charge in [-0.2, -0.15) is 0 Å². The molecule has 12 nitrogen and oxygen atoms in total. The number of likely N-dealkylation sites (N-methyl/N-ethyl adjacent to an activating group) is 2. The Balaban J connectivity index is 1.17. The van der Waals surface area contributed by atoms with Crippen LogP contribution in [-0.4, -0.2) is 96.9 Å². The van der Waals surface area contributed by atoms with Crippen LogP contribution in [0, 0.1) is 10.8 Å². The molecule has 0 spiro atoms. The molecule has 2 fully saturated rings. The highest BCUT2D eigenvalue weighted by molar-refractivity contribution is 5.93. The van der Waals surface area contributed by atoms with Crippen molar-refractivity contribution < 1.29 is 28.0 Å². The molecule has 4 heterocycles. The lowest BCUT2D eigenvalue weighted by molar-refractivity contribution is -0.140. The SMILES string of the molecule is CN[C@@H](C)C(=O)N[C@H](C(=O)N1CCC[C@@H]1Cc1c(-c2ccc(-c3oc4ccccc4c3C[C@@H]3CCCN3C(=O)[C@@H](NC(=O)[C@H](C)NC)C(C)(C)C)cc2)oc2ccccc12)C(C)(C)C.